The van der Waals surface area contributed by atoms with E-state index in [2.05, 4.69) is 15.1 Å². The molecule has 0 atom stereocenters. The molecule has 0 radical (unpaired) electrons. The first-order chi connectivity index (χ1) is 9.74. The van der Waals surface area contributed by atoms with E-state index in [1.165, 1.54) is 17.7 Å². The molecule has 6 nitrogen and oxygen atoms in total. The van der Waals surface area contributed by atoms with Crippen molar-refractivity contribution in [1.82, 2.24) is 19.7 Å². The minimum atomic E-state index is -0.938. The van der Waals surface area contributed by atoms with E-state index in [-0.39, 0.29) is 5.56 Å². The average Bonchev–Trinajstić information content (AvgIpc) is 3.11. The Morgan fingerprint density at radius 3 is 2.95 bits per heavy atom. The molecule has 0 unspecified atom stereocenters. The number of nitrogens with zero attached hydrogens (tertiary/aromatic N) is 4. The van der Waals surface area contributed by atoms with Gasteiger partial charge in [-0.25, -0.2) is 19.4 Å². The number of hydrogen-bond donors (Lipinski definition) is 1. The number of hydrogen-bond acceptors (Lipinski definition) is 5. The molecule has 0 aliphatic heterocycles. The van der Waals surface area contributed by atoms with Gasteiger partial charge in [-0.3, -0.25) is 0 Å². The van der Waals surface area contributed by atoms with Gasteiger partial charge in [0.25, 0.3) is 0 Å². The highest BCUT2D eigenvalue weighted by molar-refractivity contribution is 7.15. The van der Waals surface area contributed by atoms with Crippen molar-refractivity contribution in [2.75, 3.05) is 0 Å². The molecule has 0 amide bonds. The van der Waals surface area contributed by atoms with E-state index in [1.54, 1.807) is 35.4 Å². The predicted molar refractivity (Wildman–Crippen MR) is 73.6 cm³/mol. The van der Waals surface area contributed by atoms with E-state index in [4.69, 9.17) is 0 Å². The molecule has 20 heavy (non-hydrogen) atoms. The molecular weight excluding hydrogens is 276 g/mol. The summed E-state index contributed by atoms with van der Waals surface area (Å²) < 4.78 is 1.67. The second kappa shape index (κ2) is 5.22. The van der Waals surface area contributed by atoms with Crippen LogP contribution in [-0.2, 0) is 6.54 Å². The van der Waals surface area contributed by atoms with Crippen molar-refractivity contribution in [3.05, 3.63) is 53.7 Å². The van der Waals surface area contributed by atoms with Crippen molar-refractivity contribution < 1.29 is 9.90 Å². The SMILES string of the molecule is O=C(O)c1ccccc1-c1cnc(Cn2cncn2)s1. The van der Waals surface area contributed by atoms with Crippen LogP contribution in [0.3, 0.4) is 0 Å². The van der Waals surface area contributed by atoms with Gasteiger partial charge in [-0.2, -0.15) is 5.10 Å². The Kier molecular flexibility index (Phi) is 3.26. The number of rotatable bonds is 4. The van der Waals surface area contributed by atoms with Gasteiger partial charge in [-0.15, -0.1) is 11.3 Å². The topological polar surface area (TPSA) is 80.9 Å². The number of carboxylic acids is 1. The van der Waals surface area contributed by atoms with Crippen LogP contribution < -0.4 is 0 Å². The predicted octanol–water partition coefficient (Wildman–Crippen LogP) is 2.15. The third-order valence-electron chi connectivity index (χ3n) is 2.74. The number of carbonyl (C=O) groups is 1. The Labute approximate surface area is 118 Å². The second-order valence-corrected chi connectivity index (χ2v) is 5.18. The highest BCUT2D eigenvalue weighted by Crippen LogP contribution is 2.29. The first kappa shape index (κ1) is 12.5. The number of carboxylic acid groups (broad SMARTS) is 1. The van der Waals surface area contributed by atoms with E-state index < -0.39 is 5.97 Å². The number of aromatic nitrogens is 4. The van der Waals surface area contributed by atoms with E-state index in [9.17, 15) is 9.90 Å². The molecule has 2 aromatic heterocycles. The quantitative estimate of drug-likeness (QED) is 0.794. The lowest BCUT2D eigenvalue weighted by atomic mass is 10.1. The molecule has 3 rings (SSSR count). The van der Waals surface area contributed by atoms with Crippen molar-refractivity contribution in [1.29, 1.82) is 0 Å². The van der Waals surface area contributed by atoms with Crippen LogP contribution in [0.1, 0.15) is 15.4 Å². The number of thiazole rings is 1. The van der Waals surface area contributed by atoms with Crippen LogP contribution in [0.15, 0.2) is 43.1 Å². The molecule has 0 aliphatic rings. The van der Waals surface area contributed by atoms with Crippen LogP contribution in [0.5, 0.6) is 0 Å². The van der Waals surface area contributed by atoms with E-state index in [0.717, 1.165) is 9.88 Å². The smallest absolute Gasteiger partial charge is 0.336 e. The van der Waals surface area contributed by atoms with Crippen molar-refractivity contribution in [3.63, 3.8) is 0 Å². The van der Waals surface area contributed by atoms with Gasteiger partial charge in [0.1, 0.15) is 17.7 Å². The van der Waals surface area contributed by atoms with Crippen LogP contribution in [0.25, 0.3) is 10.4 Å². The summed E-state index contributed by atoms with van der Waals surface area (Å²) in [7, 11) is 0. The summed E-state index contributed by atoms with van der Waals surface area (Å²) in [5, 5.41) is 14.1. The van der Waals surface area contributed by atoms with Gasteiger partial charge in [0.2, 0.25) is 0 Å². The Hall–Kier alpha value is -2.54. The van der Waals surface area contributed by atoms with Gasteiger partial charge in [0.15, 0.2) is 0 Å². The molecule has 3 aromatic rings. The Balaban J connectivity index is 1.92. The lowest BCUT2D eigenvalue weighted by molar-refractivity contribution is 0.0698. The maximum atomic E-state index is 11.2. The molecular formula is C13H10N4O2S. The summed E-state index contributed by atoms with van der Waals surface area (Å²) in [5.74, 6) is -0.938. The summed E-state index contributed by atoms with van der Waals surface area (Å²) in [5.41, 5.74) is 0.964. The zero-order valence-electron chi connectivity index (χ0n) is 10.3. The maximum absolute atomic E-state index is 11.2. The molecule has 7 heteroatoms. The minimum Gasteiger partial charge on any atom is -0.478 e. The lowest BCUT2D eigenvalue weighted by Crippen LogP contribution is -1.98. The normalized spacial score (nSPS) is 10.6. The molecule has 0 saturated carbocycles. The fourth-order valence-electron chi connectivity index (χ4n) is 1.85. The third kappa shape index (κ3) is 2.43. The Morgan fingerprint density at radius 2 is 2.20 bits per heavy atom. The van der Waals surface area contributed by atoms with Crippen molar-refractivity contribution in [2.24, 2.45) is 0 Å². The molecule has 2 heterocycles. The number of benzene rings is 1. The van der Waals surface area contributed by atoms with Crippen molar-refractivity contribution >= 4 is 17.3 Å². The van der Waals surface area contributed by atoms with E-state index in [0.29, 0.717) is 12.1 Å². The molecule has 0 spiro atoms. The Bertz CT molecular complexity index is 736. The number of aromatic carboxylic acids is 1. The first-order valence-corrected chi connectivity index (χ1v) is 6.65. The fraction of sp³-hybridized carbons (Fsp3) is 0.0769. The van der Waals surface area contributed by atoms with Gasteiger partial charge in [-0.05, 0) is 6.07 Å². The monoisotopic (exact) mass is 286 g/mol. The summed E-state index contributed by atoms with van der Waals surface area (Å²) in [6.45, 7) is 0.528. The van der Waals surface area contributed by atoms with Crippen LogP contribution in [0, 0.1) is 0 Å². The summed E-state index contributed by atoms with van der Waals surface area (Å²) in [6, 6.07) is 6.91. The third-order valence-corrected chi connectivity index (χ3v) is 3.76. The first-order valence-electron chi connectivity index (χ1n) is 5.84. The zero-order chi connectivity index (χ0) is 13.9. The van der Waals surface area contributed by atoms with E-state index in [1.807, 2.05) is 6.07 Å². The standard InChI is InChI=1S/C13H10N4O2S/c18-13(19)10-4-2-1-3-9(10)11-5-15-12(20-11)6-17-8-14-7-16-17/h1-5,7-8H,6H2,(H,18,19). The molecule has 0 bridgehead atoms. The summed E-state index contributed by atoms with van der Waals surface area (Å²) >= 11 is 1.45. The van der Waals surface area contributed by atoms with Crippen LogP contribution in [0.2, 0.25) is 0 Å². The maximum Gasteiger partial charge on any atom is 0.336 e. The van der Waals surface area contributed by atoms with Crippen LogP contribution >= 0.6 is 11.3 Å². The van der Waals surface area contributed by atoms with Crippen LogP contribution in [0.4, 0.5) is 0 Å². The molecule has 1 N–H and O–H groups in total. The summed E-state index contributed by atoms with van der Waals surface area (Å²) in [4.78, 5) is 20.2. The van der Waals surface area contributed by atoms with Crippen molar-refractivity contribution in [3.8, 4) is 10.4 Å². The van der Waals surface area contributed by atoms with E-state index >= 15 is 0 Å². The fourth-order valence-corrected chi connectivity index (χ4v) is 2.79. The average molecular weight is 286 g/mol. The van der Waals surface area contributed by atoms with Gasteiger partial charge in [0.05, 0.1) is 17.0 Å². The highest BCUT2D eigenvalue weighted by atomic mass is 32.1. The summed E-state index contributed by atoms with van der Waals surface area (Å²) in [6.07, 6.45) is 4.78. The molecule has 0 fully saturated rings. The molecule has 100 valence electrons. The lowest BCUT2D eigenvalue weighted by Gasteiger charge is -2.01. The minimum absolute atomic E-state index is 0.281. The molecule has 0 aliphatic carbocycles. The highest BCUT2D eigenvalue weighted by Gasteiger charge is 2.13. The van der Waals surface area contributed by atoms with Gasteiger partial charge >= 0.3 is 5.97 Å². The largest absolute Gasteiger partial charge is 0.478 e. The second-order valence-electron chi connectivity index (χ2n) is 4.06. The van der Waals surface area contributed by atoms with Crippen molar-refractivity contribution in [2.45, 2.75) is 6.54 Å². The Morgan fingerprint density at radius 1 is 1.35 bits per heavy atom. The molecule has 0 saturated heterocycles. The van der Waals surface area contributed by atoms with Crippen LogP contribution in [-0.4, -0.2) is 30.8 Å². The molecule has 1 aromatic carbocycles. The van der Waals surface area contributed by atoms with Gasteiger partial charge < -0.3 is 5.11 Å². The van der Waals surface area contributed by atoms with Gasteiger partial charge in [0, 0.05) is 11.8 Å². The zero-order valence-corrected chi connectivity index (χ0v) is 11.1. The van der Waals surface area contributed by atoms with Gasteiger partial charge in [-0.1, -0.05) is 18.2 Å².